The maximum atomic E-state index is 12.5. The number of carbonyl (C=O) groups is 1. The summed E-state index contributed by atoms with van der Waals surface area (Å²) in [4.78, 5) is 15.6. The van der Waals surface area contributed by atoms with Gasteiger partial charge in [0.2, 0.25) is 5.91 Å². The Bertz CT molecular complexity index is 955. The summed E-state index contributed by atoms with van der Waals surface area (Å²) < 4.78 is 10.3. The van der Waals surface area contributed by atoms with Gasteiger partial charge in [0.1, 0.15) is 17.4 Å². The standard InChI is InChI=1S/C20H19N3O3/c1-25-16-5-3-15(4-6-16)23-20(24)13(11-21)9-14-12-22-19-8-7-17(26-2)10-18(14)19/h3-8,10,12-13,22H,9H2,1-2H3,(H,23,24)/t13-/m0/s1. The van der Waals surface area contributed by atoms with Gasteiger partial charge in [-0.3, -0.25) is 4.79 Å². The van der Waals surface area contributed by atoms with Gasteiger partial charge in [-0.15, -0.1) is 0 Å². The molecule has 0 unspecified atom stereocenters. The molecule has 2 aromatic carbocycles. The van der Waals surface area contributed by atoms with Crippen molar-refractivity contribution in [3.05, 3.63) is 54.2 Å². The van der Waals surface area contributed by atoms with Crippen LogP contribution in [-0.4, -0.2) is 25.1 Å². The van der Waals surface area contributed by atoms with Crippen LogP contribution in [-0.2, 0) is 11.2 Å². The number of nitriles is 1. The van der Waals surface area contributed by atoms with E-state index in [9.17, 15) is 10.1 Å². The van der Waals surface area contributed by atoms with Crippen LogP contribution in [0.1, 0.15) is 5.56 Å². The Hall–Kier alpha value is -3.46. The number of ether oxygens (including phenoxy) is 2. The van der Waals surface area contributed by atoms with Crippen LogP contribution in [0, 0.1) is 17.2 Å². The number of hydrogen-bond donors (Lipinski definition) is 2. The minimum absolute atomic E-state index is 0.311. The Morgan fingerprint density at radius 2 is 1.85 bits per heavy atom. The first-order valence-electron chi connectivity index (χ1n) is 8.13. The first-order chi connectivity index (χ1) is 12.6. The minimum atomic E-state index is -0.803. The summed E-state index contributed by atoms with van der Waals surface area (Å²) in [7, 11) is 3.18. The van der Waals surface area contributed by atoms with E-state index >= 15 is 0 Å². The van der Waals surface area contributed by atoms with Crippen molar-refractivity contribution in [2.75, 3.05) is 19.5 Å². The highest BCUT2D eigenvalue weighted by atomic mass is 16.5. The van der Waals surface area contributed by atoms with Crippen LogP contribution in [0.15, 0.2) is 48.7 Å². The Morgan fingerprint density at radius 1 is 1.15 bits per heavy atom. The van der Waals surface area contributed by atoms with Crippen LogP contribution in [0.5, 0.6) is 11.5 Å². The van der Waals surface area contributed by atoms with Crippen LogP contribution in [0.3, 0.4) is 0 Å². The minimum Gasteiger partial charge on any atom is -0.497 e. The van der Waals surface area contributed by atoms with Gasteiger partial charge in [0.25, 0.3) is 0 Å². The van der Waals surface area contributed by atoms with Crippen molar-refractivity contribution in [2.24, 2.45) is 5.92 Å². The second-order valence-electron chi connectivity index (χ2n) is 5.83. The number of hydrogen-bond acceptors (Lipinski definition) is 4. The molecule has 0 spiro atoms. The lowest BCUT2D eigenvalue weighted by Crippen LogP contribution is -2.23. The first-order valence-corrected chi connectivity index (χ1v) is 8.13. The zero-order chi connectivity index (χ0) is 18.5. The van der Waals surface area contributed by atoms with Crippen molar-refractivity contribution in [3.63, 3.8) is 0 Å². The van der Waals surface area contributed by atoms with Gasteiger partial charge in [0, 0.05) is 22.8 Å². The van der Waals surface area contributed by atoms with Gasteiger partial charge in [-0.05, 0) is 54.4 Å². The van der Waals surface area contributed by atoms with E-state index in [4.69, 9.17) is 9.47 Å². The Balaban J connectivity index is 1.76. The molecule has 0 aliphatic heterocycles. The zero-order valence-corrected chi connectivity index (χ0v) is 14.6. The van der Waals surface area contributed by atoms with Crippen LogP contribution in [0.2, 0.25) is 0 Å². The summed E-state index contributed by atoms with van der Waals surface area (Å²) in [5, 5.41) is 13.2. The van der Waals surface area contributed by atoms with E-state index in [0.717, 1.165) is 22.2 Å². The molecule has 0 saturated heterocycles. The summed E-state index contributed by atoms with van der Waals surface area (Å²) in [5.74, 6) is 0.291. The third kappa shape index (κ3) is 3.62. The summed E-state index contributed by atoms with van der Waals surface area (Å²) in [6.45, 7) is 0. The molecule has 1 aromatic heterocycles. The zero-order valence-electron chi connectivity index (χ0n) is 14.6. The van der Waals surface area contributed by atoms with Gasteiger partial charge in [-0.25, -0.2) is 0 Å². The summed E-state index contributed by atoms with van der Waals surface area (Å²) >= 11 is 0. The molecule has 0 aliphatic carbocycles. The number of carbonyl (C=O) groups excluding carboxylic acids is 1. The molecule has 0 radical (unpaired) electrons. The SMILES string of the molecule is COc1ccc(NC(=O)[C@H](C#N)Cc2c[nH]c3ccc(OC)cc23)cc1. The smallest absolute Gasteiger partial charge is 0.242 e. The van der Waals surface area contributed by atoms with Gasteiger partial charge < -0.3 is 19.8 Å². The molecule has 26 heavy (non-hydrogen) atoms. The average Bonchev–Trinajstić information content (AvgIpc) is 3.08. The molecule has 132 valence electrons. The predicted octanol–water partition coefficient (Wildman–Crippen LogP) is 3.51. The normalized spacial score (nSPS) is 11.6. The van der Waals surface area contributed by atoms with E-state index in [1.165, 1.54) is 0 Å². The highest BCUT2D eigenvalue weighted by Crippen LogP contribution is 2.26. The maximum absolute atomic E-state index is 12.5. The highest BCUT2D eigenvalue weighted by molar-refractivity contribution is 5.95. The van der Waals surface area contributed by atoms with Gasteiger partial charge in [0.05, 0.1) is 20.3 Å². The van der Waals surface area contributed by atoms with Gasteiger partial charge in [0.15, 0.2) is 0 Å². The van der Waals surface area contributed by atoms with Crippen molar-refractivity contribution in [1.29, 1.82) is 5.26 Å². The largest absolute Gasteiger partial charge is 0.497 e. The predicted molar refractivity (Wildman–Crippen MR) is 99.3 cm³/mol. The number of amides is 1. The number of aromatic nitrogens is 1. The molecule has 3 aromatic rings. The fraction of sp³-hybridized carbons (Fsp3) is 0.200. The van der Waals surface area contributed by atoms with E-state index in [2.05, 4.69) is 16.4 Å². The third-order valence-electron chi connectivity index (χ3n) is 4.23. The number of fused-ring (bicyclic) bond motifs is 1. The van der Waals surface area contributed by atoms with E-state index in [1.54, 1.807) is 38.5 Å². The molecular formula is C20H19N3O3. The molecule has 1 atom stereocenters. The van der Waals surface area contributed by atoms with Gasteiger partial charge >= 0.3 is 0 Å². The fourth-order valence-corrected chi connectivity index (χ4v) is 2.77. The van der Waals surface area contributed by atoms with Crippen LogP contribution in [0.25, 0.3) is 10.9 Å². The Morgan fingerprint density at radius 3 is 2.50 bits per heavy atom. The van der Waals surface area contributed by atoms with Crippen LogP contribution >= 0.6 is 0 Å². The van der Waals surface area contributed by atoms with Gasteiger partial charge in [-0.1, -0.05) is 0 Å². The molecule has 2 N–H and O–H groups in total. The van der Waals surface area contributed by atoms with Crippen molar-refractivity contribution in [3.8, 4) is 17.6 Å². The lowest BCUT2D eigenvalue weighted by Gasteiger charge is -2.10. The summed E-state index contributed by atoms with van der Waals surface area (Å²) in [6, 6.07) is 14.8. The molecule has 0 aliphatic rings. The van der Waals surface area contributed by atoms with E-state index in [1.807, 2.05) is 24.4 Å². The molecular weight excluding hydrogens is 330 g/mol. The number of nitrogens with one attached hydrogen (secondary N) is 2. The van der Waals surface area contributed by atoms with E-state index in [0.29, 0.717) is 17.9 Å². The molecule has 6 heteroatoms. The quantitative estimate of drug-likeness (QED) is 0.713. The van der Waals surface area contributed by atoms with E-state index in [-0.39, 0.29) is 5.91 Å². The number of aromatic amines is 1. The van der Waals surface area contributed by atoms with Crippen molar-refractivity contribution in [1.82, 2.24) is 4.98 Å². The first kappa shape index (κ1) is 17.4. The van der Waals surface area contributed by atoms with Crippen molar-refractivity contribution >= 4 is 22.5 Å². The number of rotatable bonds is 6. The summed E-state index contributed by atoms with van der Waals surface area (Å²) in [6.07, 6.45) is 2.14. The molecule has 1 amide bonds. The number of benzene rings is 2. The van der Waals surface area contributed by atoms with Crippen LogP contribution < -0.4 is 14.8 Å². The lowest BCUT2D eigenvalue weighted by atomic mass is 9.99. The monoisotopic (exact) mass is 349 g/mol. The number of nitrogens with zero attached hydrogens (tertiary/aromatic N) is 1. The number of H-pyrrole nitrogens is 1. The topological polar surface area (TPSA) is 87.1 Å². The molecule has 0 fully saturated rings. The molecule has 3 rings (SSSR count). The summed E-state index contributed by atoms with van der Waals surface area (Å²) in [5.41, 5.74) is 2.46. The number of methoxy groups -OCH3 is 2. The van der Waals surface area contributed by atoms with Crippen molar-refractivity contribution < 1.29 is 14.3 Å². The maximum Gasteiger partial charge on any atom is 0.242 e. The highest BCUT2D eigenvalue weighted by Gasteiger charge is 2.20. The second kappa shape index (κ2) is 7.62. The van der Waals surface area contributed by atoms with Crippen molar-refractivity contribution in [2.45, 2.75) is 6.42 Å². The number of anilines is 1. The van der Waals surface area contributed by atoms with E-state index < -0.39 is 5.92 Å². The molecule has 1 heterocycles. The third-order valence-corrected chi connectivity index (χ3v) is 4.23. The Labute approximate surface area is 151 Å². The second-order valence-corrected chi connectivity index (χ2v) is 5.83. The molecule has 6 nitrogen and oxygen atoms in total. The lowest BCUT2D eigenvalue weighted by molar-refractivity contribution is -0.118. The average molecular weight is 349 g/mol. The molecule has 0 bridgehead atoms. The fourth-order valence-electron chi connectivity index (χ4n) is 2.77. The van der Waals surface area contributed by atoms with Crippen LogP contribution in [0.4, 0.5) is 5.69 Å². The Kier molecular flexibility index (Phi) is 5.09. The van der Waals surface area contributed by atoms with Gasteiger partial charge in [-0.2, -0.15) is 5.26 Å². The molecule has 0 saturated carbocycles.